The Morgan fingerprint density at radius 3 is 2.54 bits per heavy atom. The highest BCUT2D eigenvalue weighted by Crippen LogP contribution is 2.76. The fourth-order valence-electron chi connectivity index (χ4n) is 10.0. The van der Waals surface area contributed by atoms with Gasteiger partial charge in [0.1, 0.15) is 23.4 Å². The summed E-state index contributed by atoms with van der Waals surface area (Å²) in [5.74, 6) is -0.431. The summed E-state index contributed by atoms with van der Waals surface area (Å²) in [5, 5.41) is 24.5. The van der Waals surface area contributed by atoms with E-state index in [9.17, 15) is 19.8 Å². The van der Waals surface area contributed by atoms with Gasteiger partial charge in [-0.15, -0.1) is 0 Å². The van der Waals surface area contributed by atoms with Gasteiger partial charge in [-0.2, -0.15) is 0 Å². The molecule has 0 aromatic heterocycles. The molecule has 0 aromatic carbocycles. The number of ether oxygens (including phenoxy) is 3. The third kappa shape index (κ3) is 2.43. The van der Waals surface area contributed by atoms with Crippen LogP contribution in [0.5, 0.6) is 0 Å². The second-order valence-corrected chi connectivity index (χ2v) is 13.5. The number of hydrogen-bond donors (Lipinski definition) is 2. The van der Waals surface area contributed by atoms with Gasteiger partial charge in [0.25, 0.3) is 0 Å². The van der Waals surface area contributed by atoms with Crippen molar-refractivity contribution in [2.75, 3.05) is 0 Å². The van der Waals surface area contributed by atoms with E-state index in [1.807, 2.05) is 6.92 Å². The maximum Gasteiger partial charge on any atom is 0.334 e. The van der Waals surface area contributed by atoms with Gasteiger partial charge in [-0.25, -0.2) is 4.79 Å². The summed E-state index contributed by atoms with van der Waals surface area (Å²) in [6.07, 6.45) is 3.90. The van der Waals surface area contributed by atoms with Crippen molar-refractivity contribution < 1.29 is 34.0 Å². The molecule has 0 radical (unpaired) electrons. The van der Waals surface area contributed by atoms with Gasteiger partial charge in [0, 0.05) is 23.8 Å². The van der Waals surface area contributed by atoms with Crippen molar-refractivity contribution in [2.45, 2.75) is 121 Å². The van der Waals surface area contributed by atoms with Crippen molar-refractivity contribution in [3.8, 4) is 0 Å². The molecule has 7 aliphatic rings. The topological polar surface area (TPSA) is 109 Å². The minimum atomic E-state index is -1.27. The van der Waals surface area contributed by atoms with Crippen LogP contribution < -0.4 is 0 Å². The third-order valence-corrected chi connectivity index (χ3v) is 12.5. The molecule has 7 heteroatoms. The molecule has 2 saturated heterocycles. The van der Waals surface area contributed by atoms with Crippen LogP contribution in [0.2, 0.25) is 0 Å². The fourth-order valence-corrected chi connectivity index (χ4v) is 10.0. The summed E-state index contributed by atoms with van der Waals surface area (Å²) in [4.78, 5) is 26.1. The van der Waals surface area contributed by atoms with E-state index in [1.165, 1.54) is 0 Å². The molecule has 6 fully saturated rings. The monoisotopic (exact) mass is 486 g/mol. The number of Topliss-reactive ketones (excluding diaryl/α,β-unsaturated/α-hetero) is 1. The van der Waals surface area contributed by atoms with E-state index < -0.39 is 33.7 Å². The zero-order chi connectivity index (χ0) is 24.9. The van der Waals surface area contributed by atoms with Crippen LogP contribution in [-0.4, -0.2) is 63.2 Å². The number of fused-ring (bicyclic) bond motifs is 5. The Bertz CT molecular complexity index is 1080. The Kier molecular flexibility index (Phi) is 4.18. The van der Waals surface area contributed by atoms with Gasteiger partial charge in [0.05, 0.1) is 23.2 Å². The SMILES string of the molecule is CC1=C(C)C(=O)O[C@@H](C(C)(O)[C@@H]2CC[C@@]3(O)[C@@H]4C[C@H]5O[C@]56C[C@H]5O[C@H]5C(=O)[C@]6(C)[C@H]4CC[C@]23C)C1. The van der Waals surface area contributed by atoms with Gasteiger partial charge in [-0.3, -0.25) is 4.79 Å². The van der Waals surface area contributed by atoms with Crippen molar-refractivity contribution in [1.29, 1.82) is 0 Å². The van der Waals surface area contributed by atoms with Crippen LogP contribution in [0, 0.1) is 28.6 Å². The first kappa shape index (κ1) is 22.9. The number of aliphatic hydroxyl groups is 2. The Balaban J connectivity index is 1.23. The first-order valence-electron chi connectivity index (χ1n) is 13.5. The maximum absolute atomic E-state index is 13.6. The van der Waals surface area contributed by atoms with Crippen LogP contribution in [0.4, 0.5) is 0 Å². The largest absolute Gasteiger partial charge is 0.456 e. The Labute approximate surface area is 206 Å². The molecule has 1 unspecified atom stereocenters. The average molecular weight is 487 g/mol. The van der Waals surface area contributed by atoms with E-state index in [2.05, 4.69) is 13.8 Å². The van der Waals surface area contributed by atoms with E-state index >= 15 is 0 Å². The lowest BCUT2D eigenvalue weighted by Gasteiger charge is -2.61. The minimum Gasteiger partial charge on any atom is -0.456 e. The predicted molar refractivity (Wildman–Crippen MR) is 124 cm³/mol. The molecule has 4 saturated carbocycles. The molecule has 12 atom stereocenters. The lowest BCUT2D eigenvalue weighted by molar-refractivity contribution is -0.223. The fraction of sp³-hybridized carbons (Fsp3) is 0.857. The number of carbonyl (C=O) groups excluding carboxylic acids is 2. The van der Waals surface area contributed by atoms with Gasteiger partial charge >= 0.3 is 5.97 Å². The predicted octanol–water partition coefficient (Wildman–Crippen LogP) is 2.85. The zero-order valence-corrected chi connectivity index (χ0v) is 21.4. The van der Waals surface area contributed by atoms with E-state index in [-0.39, 0.29) is 47.8 Å². The molecule has 0 aromatic rings. The number of epoxide rings is 2. The summed E-state index contributed by atoms with van der Waals surface area (Å²) in [7, 11) is 0. The standard InChI is InChI=1S/C28H38O7/c1-13-10-19(34-23(30)14(13)2)26(5,31)18-7-9-27(32)16-11-20-28(35-20)12-17-21(33-17)22(29)25(28,4)15(16)6-8-24(18,27)3/h15-21,31-32H,6-12H2,1-5H3/t15-,16+,17+,18+,19+,20+,21+,24+,25-,26?,27+,28+/m0/s1. The van der Waals surface area contributed by atoms with E-state index in [1.54, 1.807) is 13.8 Å². The highest BCUT2D eigenvalue weighted by molar-refractivity contribution is 5.95. The molecular weight excluding hydrogens is 448 g/mol. The summed E-state index contributed by atoms with van der Waals surface area (Å²) in [5.41, 5.74) is -2.30. The molecule has 192 valence electrons. The van der Waals surface area contributed by atoms with Crippen molar-refractivity contribution >= 4 is 11.8 Å². The van der Waals surface area contributed by atoms with Crippen molar-refractivity contribution in [3.63, 3.8) is 0 Å². The van der Waals surface area contributed by atoms with Gasteiger partial charge in [0.2, 0.25) is 0 Å². The quantitative estimate of drug-likeness (QED) is 0.456. The summed E-state index contributed by atoms with van der Waals surface area (Å²) in [6, 6.07) is 0. The number of esters is 1. The molecule has 0 bridgehead atoms. The van der Waals surface area contributed by atoms with Crippen LogP contribution in [0.3, 0.4) is 0 Å². The van der Waals surface area contributed by atoms with E-state index in [0.29, 0.717) is 24.8 Å². The molecule has 2 N–H and O–H groups in total. The van der Waals surface area contributed by atoms with Crippen LogP contribution >= 0.6 is 0 Å². The highest BCUT2D eigenvalue weighted by Gasteiger charge is 2.84. The summed E-state index contributed by atoms with van der Waals surface area (Å²) >= 11 is 0. The van der Waals surface area contributed by atoms with Crippen LogP contribution in [0.25, 0.3) is 0 Å². The maximum atomic E-state index is 13.6. The molecule has 4 aliphatic carbocycles. The second-order valence-electron chi connectivity index (χ2n) is 13.5. The zero-order valence-electron chi connectivity index (χ0n) is 21.4. The van der Waals surface area contributed by atoms with E-state index in [0.717, 1.165) is 31.3 Å². The average Bonchev–Trinajstić information content (AvgIpc) is 3.69. The second kappa shape index (κ2) is 6.40. The number of rotatable bonds is 2. The Morgan fingerprint density at radius 1 is 1.09 bits per heavy atom. The van der Waals surface area contributed by atoms with Crippen LogP contribution in [0.15, 0.2) is 11.1 Å². The molecule has 0 amide bonds. The third-order valence-electron chi connectivity index (χ3n) is 12.5. The Morgan fingerprint density at radius 2 is 1.83 bits per heavy atom. The molecule has 1 spiro atoms. The van der Waals surface area contributed by atoms with Crippen molar-refractivity contribution in [1.82, 2.24) is 0 Å². The number of ketones is 1. The highest BCUT2D eigenvalue weighted by atomic mass is 16.6. The molecule has 35 heavy (non-hydrogen) atoms. The molecule has 3 aliphatic heterocycles. The smallest absolute Gasteiger partial charge is 0.334 e. The van der Waals surface area contributed by atoms with Gasteiger partial charge in [0.15, 0.2) is 5.78 Å². The lowest BCUT2D eigenvalue weighted by Crippen LogP contribution is -2.68. The number of cyclic esters (lactones) is 1. The van der Waals surface area contributed by atoms with Crippen LogP contribution in [-0.2, 0) is 23.8 Å². The minimum absolute atomic E-state index is 0.0103. The lowest BCUT2D eigenvalue weighted by atomic mass is 9.42. The Hall–Kier alpha value is -1.28. The molecular formula is C28H38O7. The summed E-state index contributed by atoms with van der Waals surface area (Å²) < 4.78 is 17.8. The van der Waals surface area contributed by atoms with Crippen molar-refractivity contribution in [3.05, 3.63) is 11.1 Å². The number of carbonyl (C=O) groups is 2. The van der Waals surface area contributed by atoms with Gasteiger partial charge in [-0.05, 0) is 77.6 Å². The normalized spacial score (nSPS) is 57.7. The van der Waals surface area contributed by atoms with Crippen LogP contribution in [0.1, 0.15) is 79.6 Å². The first-order chi connectivity index (χ1) is 16.3. The molecule has 7 nitrogen and oxygen atoms in total. The van der Waals surface area contributed by atoms with Gasteiger partial charge in [-0.1, -0.05) is 12.5 Å². The summed E-state index contributed by atoms with van der Waals surface area (Å²) in [6.45, 7) is 9.69. The number of hydrogen-bond acceptors (Lipinski definition) is 7. The molecule has 3 heterocycles. The van der Waals surface area contributed by atoms with Gasteiger partial charge < -0.3 is 24.4 Å². The molecule has 7 rings (SSSR count). The van der Waals surface area contributed by atoms with E-state index in [4.69, 9.17) is 14.2 Å². The first-order valence-corrected chi connectivity index (χ1v) is 13.5. The van der Waals surface area contributed by atoms with Crippen molar-refractivity contribution in [2.24, 2.45) is 28.6 Å².